The van der Waals surface area contributed by atoms with Crippen LogP contribution < -0.4 is 4.90 Å². The zero-order chi connectivity index (χ0) is 13.3. The van der Waals surface area contributed by atoms with Gasteiger partial charge in [-0.1, -0.05) is 6.07 Å². The minimum Gasteiger partial charge on any atom is -0.478 e. The van der Waals surface area contributed by atoms with Crippen LogP contribution in [0.5, 0.6) is 0 Å². The van der Waals surface area contributed by atoms with Gasteiger partial charge in [-0.15, -0.1) is 0 Å². The maximum absolute atomic E-state index is 11.9. The summed E-state index contributed by atoms with van der Waals surface area (Å²) in [5.74, 6) is -0.200. The minimum atomic E-state index is -1.01. The number of thiol groups is 1. The molecule has 1 N–H and O–H groups in total. The number of anilines is 1. The summed E-state index contributed by atoms with van der Waals surface area (Å²) in [5.41, 5.74) is 1.61. The largest absolute Gasteiger partial charge is 0.478 e. The molecule has 1 aromatic carbocycles. The molecule has 5 heteroatoms. The van der Waals surface area contributed by atoms with Gasteiger partial charge in [0.25, 0.3) is 0 Å². The Labute approximate surface area is 111 Å². The quantitative estimate of drug-likeness (QED) is 0.822. The Bertz CT molecular complexity index is 501. The van der Waals surface area contributed by atoms with Crippen LogP contribution in [0, 0.1) is 12.8 Å². The summed E-state index contributed by atoms with van der Waals surface area (Å²) in [6.07, 6.45) is 0.441. The van der Waals surface area contributed by atoms with Crippen LogP contribution in [-0.4, -0.2) is 29.3 Å². The average molecular weight is 265 g/mol. The van der Waals surface area contributed by atoms with E-state index in [9.17, 15) is 14.7 Å². The highest BCUT2D eigenvalue weighted by molar-refractivity contribution is 7.80. The number of amides is 1. The fourth-order valence-corrected chi connectivity index (χ4v) is 2.43. The van der Waals surface area contributed by atoms with Crippen LogP contribution in [0.2, 0.25) is 0 Å². The second-order valence-electron chi connectivity index (χ2n) is 4.58. The van der Waals surface area contributed by atoms with E-state index in [1.165, 1.54) is 0 Å². The van der Waals surface area contributed by atoms with Gasteiger partial charge in [-0.3, -0.25) is 4.79 Å². The lowest BCUT2D eigenvalue weighted by Gasteiger charge is -2.19. The van der Waals surface area contributed by atoms with Crippen molar-refractivity contribution in [3.05, 3.63) is 29.3 Å². The molecular weight excluding hydrogens is 250 g/mol. The van der Waals surface area contributed by atoms with Gasteiger partial charge in [0, 0.05) is 13.0 Å². The van der Waals surface area contributed by atoms with Crippen LogP contribution in [0.1, 0.15) is 22.3 Å². The Hall–Kier alpha value is -1.49. The van der Waals surface area contributed by atoms with Gasteiger partial charge in [0.2, 0.25) is 5.91 Å². The van der Waals surface area contributed by atoms with Gasteiger partial charge in [-0.25, -0.2) is 4.79 Å². The van der Waals surface area contributed by atoms with Gasteiger partial charge in [0.1, 0.15) is 0 Å². The van der Waals surface area contributed by atoms with E-state index >= 15 is 0 Å². The van der Waals surface area contributed by atoms with Crippen molar-refractivity contribution in [1.82, 2.24) is 0 Å². The first-order chi connectivity index (χ1) is 8.52. The molecule has 1 aliphatic rings. The molecule has 0 bridgehead atoms. The van der Waals surface area contributed by atoms with Crippen molar-refractivity contribution in [2.45, 2.75) is 13.3 Å². The zero-order valence-electron chi connectivity index (χ0n) is 10.1. The Balaban J connectivity index is 2.41. The molecule has 1 fully saturated rings. The van der Waals surface area contributed by atoms with E-state index in [0.29, 0.717) is 24.4 Å². The number of hydrogen-bond donors (Lipinski definition) is 2. The molecule has 0 radical (unpaired) electrons. The lowest BCUT2D eigenvalue weighted by atomic mass is 10.1. The van der Waals surface area contributed by atoms with Gasteiger partial charge in [-0.2, -0.15) is 12.6 Å². The zero-order valence-corrected chi connectivity index (χ0v) is 11.0. The smallest absolute Gasteiger partial charge is 0.337 e. The predicted octanol–water partition coefficient (Wildman–Crippen LogP) is 1.98. The second kappa shape index (κ2) is 5.02. The molecule has 0 saturated carbocycles. The number of rotatable bonds is 3. The fraction of sp³-hybridized carbons (Fsp3) is 0.385. The summed E-state index contributed by atoms with van der Waals surface area (Å²) in [5, 5.41) is 9.17. The first-order valence-electron chi connectivity index (χ1n) is 5.78. The van der Waals surface area contributed by atoms with Crippen molar-refractivity contribution in [2.24, 2.45) is 5.92 Å². The summed E-state index contributed by atoms with van der Waals surface area (Å²) in [6.45, 7) is 2.43. The molecule has 1 saturated heterocycles. The van der Waals surface area contributed by atoms with E-state index < -0.39 is 5.97 Å². The van der Waals surface area contributed by atoms with E-state index in [4.69, 9.17) is 0 Å². The van der Waals surface area contributed by atoms with Crippen molar-refractivity contribution in [3.63, 3.8) is 0 Å². The van der Waals surface area contributed by atoms with E-state index in [-0.39, 0.29) is 17.4 Å². The number of hydrogen-bond acceptors (Lipinski definition) is 3. The van der Waals surface area contributed by atoms with E-state index in [0.717, 1.165) is 5.56 Å². The molecule has 2 rings (SSSR count). The summed E-state index contributed by atoms with van der Waals surface area (Å²) in [4.78, 5) is 24.7. The molecule has 1 atom stereocenters. The number of aryl methyl sites for hydroxylation is 1. The molecular formula is C13H15NO3S. The summed E-state index contributed by atoms with van der Waals surface area (Å²) in [6, 6.07) is 5.04. The maximum atomic E-state index is 11.9. The molecule has 1 heterocycles. The topological polar surface area (TPSA) is 57.6 Å². The lowest BCUT2D eigenvalue weighted by Crippen LogP contribution is -2.26. The molecule has 1 aromatic rings. The van der Waals surface area contributed by atoms with Crippen LogP contribution >= 0.6 is 12.6 Å². The Morgan fingerprint density at radius 2 is 2.28 bits per heavy atom. The van der Waals surface area contributed by atoms with E-state index in [1.807, 2.05) is 6.92 Å². The van der Waals surface area contributed by atoms with E-state index in [2.05, 4.69) is 12.6 Å². The molecule has 0 aromatic heterocycles. The van der Waals surface area contributed by atoms with Crippen molar-refractivity contribution in [3.8, 4) is 0 Å². The van der Waals surface area contributed by atoms with Crippen molar-refractivity contribution in [1.29, 1.82) is 0 Å². The molecule has 0 spiro atoms. The lowest BCUT2D eigenvalue weighted by molar-refractivity contribution is -0.117. The SMILES string of the molecule is Cc1ccc(C(=O)O)c(N2CC(CS)CC2=O)c1. The first kappa shape index (κ1) is 13.0. The third kappa shape index (κ3) is 2.36. The molecule has 1 amide bonds. The second-order valence-corrected chi connectivity index (χ2v) is 4.95. The van der Waals surface area contributed by atoms with Gasteiger partial charge in [0.05, 0.1) is 11.3 Å². The van der Waals surface area contributed by atoms with Crippen LogP contribution in [0.25, 0.3) is 0 Å². The fourth-order valence-electron chi connectivity index (χ4n) is 2.18. The molecule has 1 unspecified atom stereocenters. The highest BCUT2D eigenvalue weighted by Gasteiger charge is 2.31. The average Bonchev–Trinajstić information content (AvgIpc) is 2.70. The number of nitrogens with zero attached hydrogens (tertiary/aromatic N) is 1. The van der Waals surface area contributed by atoms with Gasteiger partial charge < -0.3 is 10.0 Å². The standard InChI is InChI=1S/C13H15NO3S/c1-8-2-3-10(13(16)17)11(4-8)14-6-9(7-18)5-12(14)15/h2-4,9,18H,5-7H2,1H3,(H,16,17). The first-order valence-corrected chi connectivity index (χ1v) is 6.41. The predicted molar refractivity (Wildman–Crippen MR) is 72.5 cm³/mol. The highest BCUT2D eigenvalue weighted by Crippen LogP contribution is 2.29. The van der Waals surface area contributed by atoms with Crippen LogP contribution in [0.15, 0.2) is 18.2 Å². The van der Waals surface area contributed by atoms with E-state index in [1.54, 1.807) is 23.1 Å². The summed E-state index contributed by atoms with van der Waals surface area (Å²) < 4.78 is 0. The summed E-state index contributed by atoms with van der Waals surface area (Å²) in [7, 11) is 0. The van der Waals surface area contributed by atoms with Crippen LogP contribution in [0.3, 0.4) is 0 Å². The van der Waals surface area contributed by atoms with Crippen molar-refractivity contribution in [2.75, 3.05) is 17.2 Å². The summed E-state index contributed by atoms with van der Waals surface area (Å²) >= 11 is 4.20. The minimum absolute atomic E-state index is 0.0258. The van der Waals surface area contributed by atoms with Crippen LogP contribution in [-0.2, 0) is 4.79 Å². The number of carbonyl (C=O) groups is 2. The van der Waals surface area contributed by atoms with Crippen molar-refractivity contribution >= 4 is 30.2 Å². The third-order valence-corrected chi connectivity index (χ3v) is 3.65. The molecule has 96 valence electrons. The normalized spacial score (nSPS) is 19.3. The van der Waals surface area contributed by atoms with Gasteiger partial charge >= 0.3 is 5.97 Å². The van der Waals surface area contributed by atoms with Gasteiger partial charge in [0.15, 0.2) is 0 Å². The monoisotopic (exact) mass is 265 g/mol. The molecule has 0 aliphatic carbocycles. The molecule has 18 heavy (non-hydrogen) atoms. The molecule has 4 nitrogen and oxygen atoms in total. The Morgan fingerprint density at radius 3 is 2.83 bits per heavy atom. The van der Waals surface area contributed by atoms with Gasteiger partial charge in [-0.05, 0) is 36.3 Å². The number of benzene rings is 1. The highest BCUT2D eigenvalue weighted by atomic mass is 32.1. The maximum Gasteiger partial charge on any atom is 0.337 e. The van der Waals surface area contributed by atoms with Crippen molar-refractivity contribution < 1.29 is 14.7 Å². The molecule has 1 aliphatic heterocycles. The number of carboxylic acid groups (broad SMARTS) is 1. The Morgan fingerprint density at radius 1 is 1.56 bits per heavy atom. The van der Waals surface area contributed by atoms with Crippen LogP contribution in [0.4, 0.5) is 5.69 Å². The third-order valence-electron chi connectivity index (χ3n) is 3.14. The Kier molecular flexibility index (Phi) is 3.61. The number of carboxylic acids is 1. The number of aromatic carboxylic acids is 1. The number of carbonyl (C=O) groups excluding carboxylic acids is 1.